The lowest BCUT2D eigenvalue weighted by Gasteiger charge is -2.25. The Hall–Kier alpha value is -4.05. The van der Waals surface area contributed by atoms with Crippen molar-refractivity contribution in [1.82, 2.24) is 9.97 Å². The van der Waals surface area contributed by atoms with Gasteiger partial charge < -0.3 is 22.1 Å². The second kappa shape index (κ2) is 9.21. The normalized spacial score (nSPS) is 13.8. The third kappa shape index (κ3) is 4.75. The summed E-state index contributed by atoms with van der Waals surface area (Å²) in [6.07, 6.45) is 2.22. The van der Waals surface area contributed by atoms with Crippen LogP contribution in [0.25, 0.3) is 0 Å². The third-order valence-electron chi connectivity index (χ3n) is 5.40. The summed E-state index contributed by atoms with van der Waals surface area (Å²) < 4.78 is 13.5. The SMILES string of the molecule is NCCNc1ccc(Nc2nccc(N(C(=O)C3(C(N)=O)CC3)c3ccc(F)cc3)n2)cc1. The zero-order chi connectivity index (χ0) is 23.4. The van der Waals surface area contributed by atoms with Gasteiger partial charge in [-0.25, -0.2) is 9.37 Å². The summed E-state index contributed by atoms with van der Waals surface area (Å²) in [6.45, 7) is 1.19. The molecule has 0 saturated heterocycles. The molecule has 0 aliphatic heterocycles. The first-order valence-corrected chi connectivity index (χ1v) is 10.5. The van der Waals surface area contributed by atoms with Gasteiger partial charge in [0.1, 0.15) is 17.1 Å². The number of aromatic nitrogens is 2. The number of carbonyl (C=O) groups is 2. The first-order valence-electron chi connectivity index (χ1n) is 10.5. The largest absolute Gasteiger partial charge is 0.384 e. The van der Waals surface area contributed by atoms with Crippen molar-refractivity contribution >= 4 is 40.6 Å². The van der Waals surface area contributed by atoms with Crippen LogP contribution in [0.4, 0.5) is 33.2 Å². The molecule has 0 atom stereocenters. The van der Waals surface area contributed by atoms with Crippen molar-refractivity contribution in [3.63, 3.8) is 0 Å². The number of anilines is 5. The van der Waals surface area contributed by atoms with Crippen molar-refractivity contribution in [2.24, 2.45) is 16.9 Å². The van der Waals surface area contributed by atoms with Crippen LogP contribution in [0.3, 0.4) is 0 Å². The lowest BCUT2D eigenvalue weighted by Crippen LogP contribution is -2.41. The van der Waals surface area contributed by atoms with E-state index in [0.717, 1.165) is 11.4 Å². The Balaban J connectivity index is 1.63. The number of nitrogens with zero attached hydrogens (tertiary/aromatic N) is 3. The molecule has 3 aromatic rings. The van der Waals surface area contributed by atoms with Crippen LogP contribution >= 0.6 is 0 Å². The van der Waals surface area contributed by atoms with Gasteiger partial charge in [0, 0.05) is 36.7 Å². The highest BCUT2D eigenvalue weighted by Gasteiger charge is 2.57. The number of carbonyl (C=O) groups excluding carboxylic acids is 2. The van der Waals surface area contributed by atoms with Crippen LogP contribution in [0.15, 0.2) is 60.8 Å². The van der Waals surface area contributed by atoms with Crippen molar-refractivity contribution in [2.45, 2.75) is 12.8 Å². The molecule has 9 nitrogen and oxygen atoms in total. The zero-order valence-corrected chi connectivity index (χ0v) is 17.8. The molecule has 4 rings (SSSR count). The monoisotopic (exact) mass is 449 g/mol. The number of hydrogen-bond acceptors (Lipinski definition) is 7. The fraction of sp³-hybridized carbons (Fsp3) is 0.217. The Labute approximate surface area is 190 Å². The van der Waals surface area contributed by atoms with E-state index in [9.17, 15) is 14.0 Å². The smallest absolute Gasteiger partial charge is 0.248 e. The van der Waals surface area contributed by atoms with Gasteiger partial charge in [0.2, 0.25) is 17.8 Å². The molecule has 1 saturated carbocycles. The van der Waals surface area contributed by atoms with Gasteiger partial charge in [0.15, 0.2) is 0 Å². The molecule has 0 bridgehead atoms. The van der Waals surface area contributed by atoms with Crippen molar-refractivity contribution in [3.8, 4) is 0 Å². The Kier molecular flexibility index (Phi) is 6.18. The molecule has 10 heteroatoms. The summed E-state index contributed by atoms with van der Waals surface area (Å²) in [5.41, 5.74) is 11.8. The molecule has 33 heavy (non-hydrogen) atoms. The van der Waals surface area contributed by atoms with Crippen molar-refractivity contribution in [2.75, 3.05) is 28.6 Å². The van der Waals surface area contributed by atoms with E-state index in [4.69, 9.17) is 11.5 Å². The average molecular weight is 449 g/mol. The predicted octanol–water partition coefficient (Wildman–Crippen LogP) is 2.66. The topological polar surface area (TPSA) is 139 Å². The standard InChI is InChI=1S/C23H24FN7O2/c24-15-1-7-18(8-2-15)31(21(33)23(10-11-23)20(26)32)19-9-13-28-22(30-19)29-17-5-3-16(4-6-17)27-14-12-25/h1-9,13,27H,10-12,14,25H2,(H2,26,32)(H,28,29,30). The Morgan fingerprint density at radius 3 is 2.30 bits per heavy atom. The molecule has 1 fully saturated rings. The molecule has 170 valence electrons. The third-order valence-corrected chi connectivity index (χ3v) is 5.40. The van der Waals surface area contributed by atoms with Crippen LogP contribution in [0, 0.1) is 11.2 Å². The first-order chi connectivity index (χ1) is 15.9. The van der Waals surface area contributed by atoms with Gasteiger partial charge in [0.25, 0.3) is 0 Å². The van der Waals surface area contributed by atoms with E-state index in [2.05, 4.69) is 20.6 Å². The van der Waals surface area contributed by atoms with Gasteiger partial charge in [-0.1, -0.05) is 0 Å². The van der Waals surface area contributed by atoms with Gasteiger partial charge in [-0.15, -0.1) is 0 Å². The number of hydrogen-bond donors (Lipinski definition) is 4. The molecule has 1 aliphatic carbocycles. The number of rotatable bonds is 9. The van der Waals surface area contributed by atoms with E-state index in [-0.39, 0.29) is 11.8 Å². The van der Waals surface area contributed by atoms with Crippen molar-refractivity contribution < 1.29 is 14.0 Å². The quantitative estimate of drug-likeness (QED) is 0.368. The minimum Gasteiger partial charge on any atom is -0.384 e. The van der Waals surface area contributed by atoms with Gasteiger partial charge >= 0.3 is 0 Å². The lowest BCUT2D eigenvalue weighted by atomic mass is 10.0. The van der Waals surface area contributed by atoms with Gasteiger partial charge in [0.05, 0.1) is 5.69 Å². The Bertz CT molecular complexity index is 1150. The summed E-state index contributed by atoms with van der Waals surface area (Å²) in [4.78, 5) is 35.4. The minimum absolute atomic E-state index is 0.234. The summed E-state index contributed by atoms with van der Waals surface area (Å²) in [5, 5.41) is 6.28. The molecule has 0 spiro atoms. The minimum atomic E-state index is -1.28. The molecular formula is C23H24FN7O2. The number of nitrogens with one attached hydrogen (secondary N) is 2. The maximum absolute atomic E-state index is 13.5. The predicted molar refractivity (Wildman–Crippen MR) is 124 cm³/mol. The van der Waals surface area contributed by atoms with E-state index in [1.54, 1.807) is 6.07 Å². The zero-order valence-electron chi connectivity index (χ0n) is 17.8. The number of benzene rings is 2. The maximum Gasteiger partial charge on any atom is 0.248 e. The fourth-order valence-corrected chi connectivity index (χ4v) is 3.40. The molecule has 2 aromatic carbocycles. The molecular weight excluding hydrogens is 425 g/mol. The molecule has 6 N–H and O–H groups in total. The van der Waals surface area contributed by atoms with Crippen molar-refractivity contribution in [3.05, 3.63) is 66.6 Å². The summed E-state index contributed by atoms with van der Waals surface area (Å²) in [7, 11) is 0. The van der Waals surface area contributed by atoms with Gasteiger partial charge in [-0.3, -0.25) is 14.5 Å². The summed E-state index contributed by atoms with van der Waals surface area (Å²) in [6, 6.07) is 14.4. The van der Waals surface area contributed by atoms with E-state index in [1.807, 2.05) is 24.3 Å². The van der Waals surface area contributed by atoms with Crippen LogP contribution in [-0.4, -0.2) is 34.9 Å². The summed E-state index contributed by atoms with van der Waals surface area (Å²) >= 11 is 0. The number of nitrogens with two attached hydrogens (primary N) is 2. The molecule has 1 aromatic heterocycles. The maximum atomic E-state index is 13.5. The Morgan fingerprint density at radius 1 is 1.03 bits per heavy atom. The number of primary amides is 1. The van der Waals surface area contributed by atoms with Crippen LogP contribution < -0.4 is 27.0 Å². The van der Waals surface area contributed by atoms with Crippen LogP contribution in [0.2, 0.25) is 0 Å². The van der Waals surface area contributed by atoms with Crippen molar-refractivity contribution in [1.29, 1.82) is 0 Å². The van der Waals surface area contributed by atoms with Crippen LogP contribution in [-0.2, 0) is 9.59 Å². The van der Waals surface area contributed by atoms with Crippen LogP contribution in [0.1, 0.15) is 12.8 Å². The highest BCUT2D eigenvalue weighted by molar-refractivity contribution is 6.16. The molecule has 0 unspecified atom stereocenters. The highest BCUT2D eigenvalue weighted by Crippen LogP contribution is 2.48. The number of amides is 2. The van der Waals surface area contributed by atoms with E-state index >= 15 is 0 Å². The van der Waals surface area contributed by atoms with E-state index < -0.39 is 23.0 Å². The van der Waals surface area contributed by atoms with Gasteiger partial charge in [-0.05, 0) is 61.4 Å². The molecule has 0 radical (unpaired) electrons. The van der Waals surface area contributed by atoms with Gasteiger partial charge in [-0.2, -0.15) is 4.98 Å². The molecule has 1 aliphatic rings. The van der Waals surface area contributed by atoms with E-state index in [0.29, 0.717) is 31.6 Å². The Morgan fingerprint density at radius 2 is 1.70 bits per heavy atom. The molecule has 2 amide bonds. The van der Waals surface area contributed by atoms with Crippen LogP contribution in [0.5, 0.6) is 0 Å². The lowest BCUT2D eigenvalue weighted by molar-refractivity contribution is -0.133. The molecule has 1 heterocycles. The summed E-state index contributed by atoms with van der Waals surface area (Å²) in [5.74, 6) is -1.15. The highest BCUT2D eigenvalue weighted by atomic mass is 19.1. The average Bonchev–Trinajstić information content (AvgIpc) is 3.63. The van der Waals surface area contributed by atoms with E-state index in [1.165, 1.54) is 35.4 Å². The first kappa shape index (κ1) is 22.2. The second-order valence-electron chi connectivity index (χ2n) is 7.72. The number of halogens is 1. The fourth-order valence-electron chi connectivity index (χ4n) is 3.40. The second-order valence-corrected chi connectivity index (χ2v) is 7.72.